The van der Waals surface area contributed by atoms with Gasteiger partial charge in [0.1, 0.15) is 11.9 Å². The zero-order valence-electron chi connectivity index (χ0n) is 23.8. The fourth-order valence-electron chi connectivity index (χ4n) is 5.21. The Morgan fingerprint density at radius 1 is 1.18 bits per heavy atom. The van der Waals surface area contributed by atoms with E-state index in [0.717, 1.165) is 35.4 Å². The van der Waals surface area contributed by atoms with Crippen molar-refractivity contribution >= 4 is 24.6 Å². The number of aromatic nitrogens is 2. The first-order valence-electron chi connectivity index (χ1n) is 13.5. The van der Waals surface area contributed by atoms with Gasteiger partial charge >= 0.3 is 13.2 Å². The summed E-state index contributed by atoms with van der Waals surface area (Å²) < 4.78 is 17.1. The summed E-state index contributed by atoms with van der Waals surface area (Å²) in [5.41, 5.74) is 2.04. The van der Waals surface area contributed by atoms with Gasteiger partial charge in [-0.25, -0.2) is 9.78 Å². The Kier molecular flexibility index (Phi) is 7.95. The highest BCUT2D eigenvalue weighted by Crippen LogP contribution is 2.39. The van der Waals surface area contributed by atoms with Crippen molar-refractivity contribution in [2.45, 2.75) is 84.6 Å². The number of hydrogen-bond acceptors (Lipinski definition) is 6. The van der Waals surface area contributed by atoms with Crippen molar-refractivity contribution < 1.29 is 23.6 Å². The fraction of sp³-hybridized carbons (Fsp3) is 0.607. The van der Waals surface area contributed by atoms with Crippen molar-refractivity contribution in [2.24, 2.45) is 11.8 Å². The zero-order chi connectivity index (χ0) is 27.8. The smallest absolute Gasteiger partial charge is 0.453 e. The molecule has 4 rings (SSSR count). The van der Waals surface area contributed by atoms with Crippen molar-refractivity contribution in [3.63, 3.8) is 0 Å². The Bertz CT molecular complexity index is 1130. The normalized spacial score (nSPS) is 23.1. The number of benzene rings is 1. The van der Waals surface area contributed by atoms with E-state index in [-0.39, 0.29) is 23.8 Å². The molecule has 2 N–H and O–H groups in total. The lowest BCUT2D eigenvalue weighted by molar-refractivity contribution is -0.136. The summed E-state index contributed by atoms with van der Waals surface area (Å²) in [6.07, 6.45) is 3.02. The quantitative estimate of drug-likeness (QED) is 0.530. The third-order valence-electron chi connectivity index (χ3n) is 8.34. The van der Waals surface area contributed by atoms with Gasteiger partial charge < -0.3 is 29.2 Å². The van der Waals surface area contributed by atoms with Crippen molar-refractivity contribution in [1.29, 1.82) is 0 Å². The molecule has 2 aromatic rings. The molecule has 10 heteroatoms. The predicted molar refractivity (Wildman–Crippen MR) is 147 cm³/mol. The number of nitrogens with one attached hydrogen (secondary N) is 2. The maximum Gasteiger partial charge on any atom is 0.494 e. The Hall–Kier alpha value is -2.85. The summed E-state index contributed by atoms with van der Waals surface area (Å²) in [6.45, 7) is 14.8. The van der Waals surface area contributed by atoms with Crippen LogP contribution in [0.5, 0.6) is 0 Å². The monoisotopic (exact) mass is 524 g/mol. The lowest BCUT2D eigenvalue weighted by Gasteiger charge is -2.32. The summed E-state index contributed by atoms with van der Waals surface area (Å²) in [6, 6.07) is 7.24. The van der Waals surface area contributed by atoms with Gasteiger partial charge in [0.25, 0.3) is 0 Å². The molecule has 2 amide bonds. The highest BCUT2D eigenvalue weighted by molar-refractivity contribution is 6.62. The average molecular weight is 524 g/mol. The molecule has 2 fully saturated rings. The molecular formula is C28H41BN4O5. The Morgan fingerprint density at radius 2 is 1.82 bits per heavy atom. The number of amides is 2. The average Bonchev–Trinajstić information content (AvgIpc) is 3.57. The minimum atomic E-state index is -0.669. The second kappa shape index (κ2) is 10.7. The third kappa shape index (κ3) is 5.34. The van der Waals surface area contributed by atoms with Crippen LogP contribution in [0.4, 0.5) is 4.79 Å². The second-order valence-corrected chi connectivity index (χ2v) is 11.7. The maximum atomic E-state index is 13.6. The minimum Gasteiger partial charge on any atom is -0.453 e. The van der Waals surface area contributed by atoms with Crippen molar-refractivity contribution in [3.05, 3.63) is 36.3 Å². The molecule has 3 heterocycles. The number of nitrogens with zero attached hydrogens (tertiary/aromatic N) is 2. The topological polar surface area (TPSA) is 106 Å². The number of carbonyl (C=O) groups excluding carboxylic acids is 2. The number of ether oxygens (including phenoxy) is 1. The summed E-state index contributed by atoms with van der Waals surface area (Å²) in [4.78, 5) is 35.6. The van der Waals surface area contributed by atoms with E-state index in [9.17, 15) is 9.59 Å². The molecule has 0 aliphatic carbocycles. The molecule has 2 aliphatic rings. The predicted octanol–water partition coefficient (Wildman–Crippen LogP) is 4.06. The van der Waals surface area contributed by atoms with Crippen molar-refractivity contribution in [3.8, 4) is 11.3 Å². The van der Waals surface area contributed by atoms with Crippen molar-refractivity contribution in [1.82, 2.24) is 20.2 Å². The highest BCUT2D eigenvalue weighted by atomic mass is 16.7. The highest BCUT2D eigenvalue weighted by Gasteiger charge is 2.51. The van der Waals surface area contributed by atoms with Gasteiger partial charge in [0.05, 0.1) is 36.2 Å². The molecule has 0 spiro atoms. The van der Waals surface area contributed by atoms with Gasteiger partial charge in [-0.15, -0.1) is 0 Å². The number of alkyl carbamates (subject to hydrolysis) is 1. The van der Waals surface area contributed by atoms with E-state index in [0.29, 0.717) is 6.54 Å². The number of methoxy groups -OCH3 is 1. The van der Waals surface area contributed by atoms with Crippen molar-refractivity contribution in [2.75, 3.05) is 13.7 Å². The Morgan fingerprint density at radius 3 is 2.37 bits per heavy atom. The minimum absolute atomic E-state index is 0.0856. The molecule has 0 unspecified atom stereocenters. The molecule has 206 valence electrons. The van der Waals surface area contributed by atoms with E-state index in [1.54, 1.807) is 0 Å². The number of hydrogen-bond donors (Lipinski definition) is 2. The van der Waals surface area contributed by atoms with Gasteiger partial charge in [-0.1, -0.05) is 51.5 Å². The molecule has 2 saturated heterocycles. The van der Waals surface area contributed by atoms with Gasteiger partial charge in [-0.3, -0.25) is 4.79 Å². The van der Waals surface area contributed by atoms with Crippen LogP contribution in [-0.2, 0) is 18.8 Å². The molecule has 0 saturated carbocycles. The molecule has 3 atom stereocenters. The number of carbonyl (C=O) groups is 2. The van der Waals surface area contributed by atoms with E-state index >= 15 is 0 Å². The molecule has 38 heavy (non-hydrogen) atoms. The van der Waals surface area contributed by atoms with Crippen LogP contribution in [0.2, 0.25) is 0 Å². The summed E-state index contributed by atoms with van der Waals surface area (Å²) in [5.74, 6) is 0.830. The number of H-pyrrole nitrogens is 1. The zero-order valence-corrected chi connectivity index (χ0v) is 23.8. The second-order valence-electron chi connectivity index (χ2n) is 11.7. The number of rotatable bonds is 7. The Balaban J connectivity index is 1.54. The maximum absolute atomic E-state index is 13.6. The van der Waals surface area contributed by atoms with Crippen LogP contribution >= 0.6 is 0 Å². The van der Waals surface area contributed by atoms with Gasteiger partial charge in [-0.2, -0.15) is 0 Å². The molecule has 1 aromatic heterocycles. The van der Waals surface area contributed by atoms with Crippen LogP contribution in [0.25, 0.3) is 11.3 Å². The van der Waals surface area contributed by atoms with E-state index < -0.39 is 30.5 Å². The first-order chi connectivity index (χ1) is 17.9. The van der Waals surface area contributed by atoms with Crippen LogP contribution in [0.3, 0.4) is 0 Å². The third-order valence-corrected chi connectivity index (χ3v) is 8.34. The first-order valence-corrected chi connectivity index (χ1v) is 13.5. The number of likely N-dealkylation sites (tertiary alicyclic amines) is 1. The SMILES string of the molecule is CC[C@@H]1CCN(C(=O)[C@@H](NC(=O)OC)C(C)C)[C@@H]1c1ncc(-c2ccc(B3OC(C)(C)C(C)(C)O3)cc2)[nH]1. The first kappa shape index (κ1) is 28.2. The summed E-state index contributed by atoms with van der Waals surface area (Å²) in [7, 11) is 0.886. The summed E-state index contributed by atoms with van der Waals surface area (Å²) >= 11 is 0. The lowest BCUT2D eigenvalue weighted by Crippen LogP contribution is -2.51. The van der Waals surface area contributed by atoms with Gasteiger partial charge in [0, 0.05) is 6.54 Å². The van der Waals surface area contributed by atoms with Crippen LogP contribution in [0, 0.1) is 11.8 Å². The fourth-order valence-corrected chi connectivity index (χ4v) is 5.21. The lowest BCUT2D eigenvalue weighted by atomic mass is 9.79. The number of aromatic amines is 1. The molecule has 9 nitrogen and oxygen atoms in total. The molecule has 0 radical (unpaired) electrons. The van der Waals surface area contributed by atoms with Gasteiger partial charge in [0.2, 0.25) is 5.91 Å². The Labute approximate surface area is 226 Å². The van der Waals surface area contributed by atoms with E-state index in [2.05, 4.69) is 17.2 Å². The van der Waals surface area contributed by atoms with Crippen LogP contribution in [-0.4, -0.2) is 64.9 Å². The standard InChI is InChI=1S/C28H41BN4O5/c1-9-18-14-15-33(25(34)22(17(2)3)32-26(35)36-8)23(18)24-30-16-21(31-24)19-10-12-20(13-11-19)29-37-27(4,5)28(6,7)38-29/h10-13,16-18,22-23H,9,14-15H2,1-8H3,(H,30,31)(H,32,35)/t18-,22+,23+/m1/s1. The molecule has 0 bridgehead atoms. The molecule has 2 aliphatic heterocycles. The number of imidazole rings is 1. The van der Waals surface area contributed by atoms with Gasteiger partial charge in [0.15, 0.2) is 0 Å². The molecular weight excluding hydrogens is 483 g/mol. The van der Waals surface area contributed by atoms with Crippen LogP contribution < -0.4 is 10.8 Å². The molecule has 1 aromatic carbocycles. The summed E-state index contributed by atoms with van der Waals surface area (Å²) in [5, 5.41) is 2.71. The van der Waals surface area contributed by atoms with E-state index in [1.807, 2.05) is 76.9 Å². The van der Waals surface area contributed by atoms with Crippen LogP contribution in [0.1, 0.15) is 73.2 Å². The van der Waals surface area contributed by atoms with E-state index in [4.69, 9.17) is 19.0 Å². The van der Waals surface area contributed by atoms with E-state index in [1.165, 1.54) is 7.11 Å². The largest absolute Gasteiger partial charge is 0.494 e. The van der Waals surface area contributed by atoms with Gasteiger partial charge in [-0.05, 0) is 57.0 Å². The van der Waals surface area contributed by atoms with Crippen LogP contribution in [0.15, 0.2) is 30.5 Å².